The molecule has 5 atom stereocenters. The van der Waals surface area contributed by atoms with Crippen molar-refractivity contribution in [2.75, 3.05) is 6.26 Å². The van der Waals surface area contributed by atoms with Crippen molar-refractivity contribution in [2.45, 2.75) is 68.4 Å². The molecular weight excluding hydrogens is 446 g/mol. The van der Waals surface area contributed by atoms with E-state index in [1.807, 2.05) is 49.4 Å². The molecule has 0 aromatic heterocycles. The lowest BCUT2D eigenvalue weighted by molar-refractivity contribution is -0.200. The molecule has 7 heteroatoms. The SMILES string of the molecule is CS[C@H]1OC(c2ccc(C)c(Cc3ccc(C4=CCC(F)(F)CC4)cc3)c2)[C@H](O)[C@@H](O)[C@@H]1O. The summed E-state index contributed by atoms with van der Waals surface area (Å²) >= 11 is 1.29. The van der Waals surface area contributed by atoms with Gasteiger partial charge in [-0.1, -0.05) is 48.5 Å². The maximum absolute atomic E-state index is 13.4. The number of allylic oxidation sites excluding steroid dienone is 2. The van der Waals surface area contributed by atoms with Crippen molar-refractivity contribution >= 4 is 17.3 Å². The summed E-state index contributed by atoms with van der Waals surface area (Å²) in [6.45, 7) is 2.02. The number of aryl methyl sites for hydroxylation is 1. The van der Waals surface area contributed by atoms with Crippen LogP contribution in [0.1, 0.15) is 53.2 Å². The number of aliphatic hydroxyl groups is 3. The molecule has 1 aliphatic heterocycles. The van der Waals surface area contributed by atoms with Gasteiger partial charge in [0, 0.05) is 12.8 Å². The minimum absolute atomic E-state index is 0.106. The third-order valence-electron chi connectivity index (χ3n) is 6.63. The molecular formula is C26H30F2O4S. The fourth-order valence-corrected chi connectivity index (χ4v) is 5.16. The fourth-order valence-electron chi connectivity index (χ4n) is 4.49. The maximum Gasteiger partial charge on any atom is 0.251 e. The lowest BCUT2D eigenvalue weighted by Gasteiger charge is -2.40. The van der Waals surface area contributed by atoms with E-state index in [9.17, 15) is 24.1 Å². The molecule has 0 radical (unpaired) electrons. The van der Waals surface area contributed by atoms with Gasteiger partial charge >= 0.3 is 0 Å². The highest BCUT2D eigenvalue weighted by Gasteiger charge is 2.44. The van der Waals surface area contributed by atoms with Gasteiger partial charge in [-0.15, -0.1) is 11.8 Å². The number of hydrogen-bond acceptors (Lipinski definition) is 5. The predicted molar refractivity (Wildman–Crippen MR) is 126 cm³/mol. The molecule has 33 heavy (non-hydrogen) atoms. The zero-order valence-electron chi connectivity index (χ0n) is 18.7. The van der Waals surface area contributed by atoms with Crippen LogP contribution in [0.5, 0.6) is 0 Å². The average molecular weight is 477 g/mol. The third-order valence-corrected chi connectivity index (χ3v) is 7.48. The van der Waals surface area contributed by atoms with Crippen molar-refractivity contribution < 1.29 is 28.8 Å². The van der Waals surface area contributed by atoms with Crippen molar-refractivity contribution in [3.05, 3.63) is 76.4 Å². The molecule has 1 saturated heterocycles. The Morgan fingerprint density at radius 3 is 2.39 bits per heavy atom. The lowest BCUT2D eigenvalue weighted by atomic mass is 9.89. The summed E-state index contributed by atoms with van der Waals surface area (Å²) in [5, 5.41) is 30.9. The van der Waals surface area contributed by atoms with Gasteiger partial charge in [0.05, 0.1) is 0 Å². The highest BCUT2D eigenvalue weighted by Crippen LogP contribution is 2.38. The Kier molecular flexibility index (Phi) is 7.26. The summed E-state index contributed by atoms with van der Waals surface area (Å²) in [5.41, 5.74) is 5.31. The second kappa shape index (κ2) is 9.84. The Morgan fingerprint density at radius 1 is 1.03 bits per heavy atom. The zero-order chi connectivity index (χ0) is 23.8. The van der Waals surface area contributed by atoms with Crippen LogP contribution in [-0.2, 0) is 11.2 Å². The van der Waals surface area contributed by atoms with Gasteiger partial charge in [0.1, 0.15) is 29.9 Å². The van der Waals surface area contributed by atoms with Crippen LogP contribution in [0.2, 0.25) is 0 Å². The number of hydrogen-bond donors (Lipinski definition) is 3. The molecule has 3 N–H and O–H groups in total. The molecule has 2 aromatic rings. The number of aliphatic hydroxyl groups excluding tert-OH is 3. The quantitative estimate of drug-likeness (QED) is 0.587. The van der Waals surface area contributed by atoms with Crippen molar-refractivity contribution in [1.29, 1.82) is 0 Å². The molecule has 2 aliphatic rings. The smallest absolute Gasteiger partial charge is 0.251 e. The highest BCUT2D eigenvalue weighted by atomic mass is 32.2. The summed E-state index contributed by atoms with van der Waals surface area (Å²) in [4.78, 5) is 0. The number of benzene rings is 2. The van der Waals surface area contributed by atoms with Crippen LogP contribution in [0, 0.1) is 6.92 Å². The van der Waals surface area contributed by atoms with E-state index in [-0.39, 0.29) is 12.8 Å². The summed E-state index contributed by atoms with van der Waals surface area (Å²) in [7, 11) is 0. The first-order chi connectivity index (χ1) is 15.7. The molecule has 0 saturated carbocycles. The normalized spacial score (nSPS) is 29.5. The molecule has 1 fully saturated rings. The van der Waals surface area contributed by atoms with Gasteiger partial charge < -0.3 is 20.1 Å². The fraction of sp³-hybridized carbons (Fsp3) is 0.462. The topological polar surface area (TPSA) is 69.9 Å². The van der Waals surface area contributed by atoms with Crippen LogP contribution >= 0.6 is 11.8 Å². The zero-order valence-corrected chi connectivity index (χ0v) is 19.6. The molecule has 1 aliphatic carbocycles. The van der Waals surface area contributed by atoms with Gasteiger partial charge in [-0.25, -0.2) is 8.78 Å². The predicted octanol–water partition coefficient (Wildman–Crippen LogP) is 4.63. The maximum atomic E-state index is 13.4. The van der Waals surface area contributed by atoms with Crippen LogP contribution in [0.3, 0.4) is 0 Å². The summed E-state index contributed by atoms with van der Waals surface area (Å²) in [6, 6.07) is 13.8. The first-order valence-corrected chi connectivity index (χ1v) is 12.5. The van der Waals surface area contributed by atoms with Gasteiger partial charge in [0.2, 0.25) is 0 Å². The second-order valence-electron chi connectivity index (χ2n) is 8.98. The van der Waals surface area contributed by atoms with E-state index in [1.54, 1.807) is 12.3 Å². The van der Waals surface area contributed by atoms with Crippen LogP contribution in [-0.4, -0.2) is 51.2 Å². The number of ether oxygens (including phenoxy) is 1. The highest BCUT2D eigenvalue weighted by molar-refractivity contribution is 7.99. The van der Waals surface area contributed by atoms with Crippen LogP contribution in [0.4, 0.5) is 8.78 Å². The minimum Gasteiger partial charge on any atom is -0.387 e. The first kappa shape index (κ1) is 24.4. The van der Waals surface area contributed by atoms with E-state index in [1.165, 1.54) is 11.8 Å². The van der Waals surface area contributed by atoms with Gasteiger partial charge in [-0.05, 0) is 59.4 Å². The van der Waals surface area contributed by atoms with Crippen molar-refractivity contribution in [1.82, 2.24) is 0 Å². The van der Waals surface area contributed by atoms with Crippen LogP contribution < -0.4 is 0 Å². The van der Waals surface area contributed by atoms with Gasteiger partial charge in [0.25, 0.3) is 5.92 Å². The lowest BCUT2D eigenvalue weighted by Crippen LogP contribution is -2.52. The van der Waals surface area contributed by atoms with E-state index in [0.717, 1.165) is 33.4 Å². The molecule has 2 aromatic carbocycles. The molecule has 1 heterocycles. The number of thioether (sulfide) groups is 1. The molecule has 0 spiro atoms. The van der Waals surface area contributed by atoms with E-state index in [2.05, 4.69) is 0 Å². The first-order valence-electron chi connectivity index (χ1n) is 11.2. The van der Waals surface area contributed by atoms with E-state index >= 15 is 0 Å². The summed E-state index contributed by atoms with van der Waals surface area (Å²) in [6.07, 6.45) is -0.227. The van der Waals surface area contributed by atoms with Crippen LogP contribution in [0.15, 0.2) is 48.5 Å². The Labute approximate surface area is 197 Å². The largest absolute Gasteiger partial charge is 0.387 e. The molecule has 0 bridgehead atoms. The van der Waals surface area contributed by atoms with Crippen molar-refractivity contribution in [3.63, 3.8) is 0 Å². The molecule has 1 unspecified atom stereocenters. The monoisotopic (exact) mass is 476 g/mol. The van der Waals surface area contributed by atoms with E-state index in [0.29, 0.717) is 12.8 Å². The molecule has 4 nitrogen and oxygen atoms in total. The molecule has 0 amide bonds. The van der Waals surface area contributed by atoms with Crippen molar-refractivity contribution in [2.24, 2.45) is 0 Å². The third kappa shape index (κ3) is 5.33. The Bertz CT molecular complexity index is 1010. The Hall–Kier alpha value is -1.77. The molecule has 4 rings (SSSR count). The van der Waals surface area contributed by atoms with Gasteiger partial charge in [0.15, 0.2) is 0 Å². The summed E-state index contributed by atoms with van der Waals surface area (Å²) in [5.74, 6) is -2.59. The molecule has 178 valence electrons. The number of halogens is 2. The van der Waals surface area contributed by atoms with E-state index in [4.69, 9.17) is 4.74 Å². The Morgan fingerprint density at radius 2 is 1.76 bits per heavy atom. The second-order valence-corrected chi connectivity index (χ2v) is 9.92. The minimum atomic E-state index is -2.59. The van der Waals surface area contributed by atoms with Gasteiger partial charge in [-0.3, -0.25) is 0 Å². The van der Waals surface area contributed by atoms with Crippen LogP contribution in [0.25, 0.3) is 5.57 Å². The number of rotatable bonds is 5. The summed E-state index contributed by atoms with van der Waals surface area (Å²) < 4.78 is 32.7. The Balaban J connectivity index is 1.51. The van der Waals surface area contributed by atoms with Gasteiger partial charge in [-0.2, -0.15) is 0 Å². The standard InChI is InChI=1S/C26H30F2O4S/c1-15-3-6-19(24-22(30)21(29)23(31)25(32-24)33-2)14-20(15)13-16-4-7-17(8-5-16)18-9-11-26(27,28)12-10-18/h3-9,14,21-25,29-31H,10-13H2,1-2H3/t21-,22-,23+,24?,25-/m1/s1. The van der Waals surface area contributed by atoms with E-state index < -0.39 is 35.8 Å². The number of alkyl halides is 2. The average Bonchev–Trinajstić information content (AvgIpc) is 2.80. The van der Waals surface area contributed by atoms with Crippen molar-refractivity contribution in [3.8, 4) is 0 Å².